The van der Waals surface area contributed by atoms with Gasteiger partial charge in [0.1, 0.15) is 5.75 Å². The molecule has 0 bridgehead atoms. The van der Waals surface area contributed by atoms with Gasteiger partial charge in [-0.05, 0) is 32.4 Å². The molecule has 15 heavy (non-hydrogen) atoms. The molecule has 0 aliphatic carbocycles. The Kier molecular flexibility index (Phi) is 4.16. The average Bonchev–Trinajstić information content (AvgIpc) is 2.23. The van der Waals surface area contributed by atoms with E-state index in [9.17, 15) is 4.79 Å². The summed E-state index contributed by atoms with van der Waals surface area (Å²) in [5.41, 5.74) is 0.970. The standard InChI is InChI=1S/C12H17NO2/c1-4-13(5-2)12(14)15-11-9-7-6-8-10(11)3/h6-9H,4-5H2,1-3H3. The van der Waals surface area contributed by atoms with Gasteiger partial charge in [-0.15, -0.1) is 0 Å². The quantitative estimate of drug-likeness (QED) is 0.762. The lowest BCUT2D eigenvalue weighted by Crippen LogP contribution is -2.33. The molecule has 0 N–H and O–H groups in total. The number of hydrogen-bond donors (Lipinski definition) is 0. The second-order valence-electron chi connectivity index (χ2n) is 3.31. The Hall–Kier alpha value is -1.51. The normalized spacial score (nSPS) is 9.80. The number of carbonyl (C=O) groups is 1. The van der Waals surface area contributed by atoms with Gasteiger partial charge in [0.05, 0.1) is 0 Å². The number of rotatable bonds is 3. The van der Waals surface area contributed by atoms with Crippen molar-refractivity contribution in [3.63, 3.8) is 0 Å². The maximum absolute atomic E-state index is 11.6. The highest BCUT2D eigenvalue weighted by atomic mass is 16.6. The molecule has 0 spiro atoms. The van der Waals surface area contributed by atoms with E-state index in [2.05, 4.69) is 0 Å². The minimum Gasteiger partial charge on any atom is -0.410 e. The molecule has 1 aromatic rings. The van der Waals surface area contributed by atoms with E-state index in [0.717, 1.165) is 5.56 Å². The van der Waals surface area contributed by atoms with Crippen LogP contribution in [0.25, 0.3) is 0 Å². The number of hydrogen-bond acceptors (Lipinski definition) is 2. The van der Waals surface area contributed by atoms with Gasteiger partial charge in [0.2, 0.25) is 0 Å². The summed E-state index contributed by atoms with van der Waals surface area (Å²) in [6.45, 7) is 7.12. The van der Waals surface area contributed by atoms with Gasteiger partial charge >= 0.3 is 6.09 Å². The van der Waals surface area contributed by atoms with Crippen molar-refractivity contribution in [3.8, 4) is 5.75 Å². The fourth-order valence-corrected chi connectivity index (χ4v) is 1.31. The first-order valence-electron chi connectivity index (χ1n) is 5.21. The number of amides is 1. The van der Waals surface area contributed by atoms with E-state index in [1.165, 1.54) is 0 Å². The van der Waals surface area contributed by atoms with E-state index in [1.54, 1.807) is 11.0 Å². The van der Waals surface area contributed by atoms with Crippen molar-refractivity contribution in [2.24, 2.45) is 0 Å². The number of carbonyl (C=O) groups excluding carboxylic acids is 1. The fourth-order valence-electron chi connectivity index (χ4n) is 1.31. The van der Waals surface area contributed by atoms with Crippen LogP contribution in [0.1, 0.15) is 19.4 Å². The van der Waals surface area contributed by atoms with E-state index in [4.69, 9.17) is 4.74 Å². The summed E-state index contributed by atoms with van der Waals surface area (Å²) < 4.78 is 5.28. The summed E-state index contributed by atoms with van der Waals surface area (Å²) in [7, 11) is 0. The van der Waals surface area contributed by atoms with E-state index in [1.807, 2.05) is 39.0 Å². The molecule has 1 amide bonds. The van der Waals surface area contributed by atoms with Crippen LogP contribution >= 0.6 is 0 Å². The van der Waals surface area contributed by atoms with E-state index < -0.39 is 0 Å². The van der Waals surface area contributed by atoms with Crippen LogP contribution < -0.4 is 4.74 Å². The second-order valence-corrected chi connectivity index (χ2v) is 3.31. The Morgan fingerprint density at radius 2 is 1.87 bits per heavy atom. The SMILES string of the molecule is CCN(CC)C(=O)Oc1ccccc1C. The summed E-state index contributed by atoms with van der Waals surface area (Å²) in [5.74, 6) is 0.634. The fraction of sp³-hybridized carbons (Fsp3) is 0.417. The Morgan fingerprint density at radius 1 is 1.27 bits per heavy atom. The zero-order chi connectivity index (χ0) is 11.3. The molecule has 0 atom stereocenters. The molecule has 0 aromatic heterocycles. The van der Waals surface area contributed by atoms with Gasteiger partial charge in [0, 0.05) is 13.1 Å². The van der Waals surface area contributed by atoms with Crippen molar-refractivity contribution >= 4 is 6.09 Å². The lowest BCUT2D eigenvalue weighted by Gasteiger charge is -2.18. The van der Waals surface area contributed by atoms with Crippen molar-refractivity contribution in [2.45, 2.75) is 20.8 Å². The highest BCUT2D eigenvalue weighted by molar-refractivity contribution is 5.71. The molecule has 82 valence electrons. The van der Waals surface area contributed by atoms with Gasteiger partial charge in [-0.25, -0.2) is 4.79 Å². The lowest BCUT2D eigenvalue weighted by molar-refractivity contribution is 0.157. The van der Waals surface area contributed by atoms with Crippen molar-refractivity contribution in [1.29, 1.82) is 0 Å². The first-order chi connectivity index (χ1) is 7.19. The second kappa shape index (κ2) is 5.39. The van der Waals surface area contributed by atoms with Gasteiger partial charge in [0.15, 0.2) is 0 Å². The minimum atomic E-state index is -0.283. The number of nitrogens with zero attached hydrogens (tertiary/aromatic N) is 1. The summed E-state index contributed by atoms with van der Waals surface area (Å²) in [5, 5.41) is 0. The van der Waals surface area contributed by atoms with Crippen LogP contribution in [0.3, 0.4) is 0 Å². The van der Waals surface area contributed by atoms with Crippen LogP contribution in [-0.4, -0.2) is 24.1 Å². The van der Waals surface area contributed by atoms with Gasteiger partial charge < -0.3 is 9.64 Å². The molecule has 0 radical (unpaired) electrons. The molecule has 0 aliphatic heterocycles. The summed E-state index contributed by atoms with van der Waals surface area (Å²) in [4.78, 5) is 13.3. The smallest absolute Gasteiger partial charge is 0.410 e. The predicted molar refractivity (Wildman–Crippen MR) is 60.1 cm³/mol. The van der Waals surface area contributed by atoms with Gasteiger partial charge in [-0.3, -0.25) is 0 Å². The molecular weight excluding hydrogens is 190 g/mol. The highest BCUT2D eigenvalue weighted by Crippen LogP contribution is 2.17. The molecule has 0 heterocycles. The van der Waals surface area contributed by atoms with E-state index in [-0.39, 0.29) is 6.09 Å². The molecule has 3 heteroatoms. The van der Waals surface area contributed by atoms with Crippen LogP contribution in [0.2, 0.25) is 0 Å². The van der Waals surface area contributed by atoms with Crippen LogP contribution in [-0.2, 0) is 0 Å². The molecule has 1 rings (SSSR count). The molecule has 0 fully saturated rings. The van der Waals surface area contributed by atoms with Gasteiger partial charge in [-0.1, -0.05) is 18.2 Å². The zero-order valence-electron chi connectivity index (χ0n) is 9.49. The molecular formula is C12H17NO2. The first kappa shape index (κ1) is 11.6. The predicted octanol–water partition coefficient (Wildman–Crippen LogP) is 2.84. The zero-order valence-corrected chi connectivity index (χ0v) is 9.49. The Bertz CT molecular complexity index is 332. The van der Waals surface area contributed by atoms with Crippen molar-refractivity contribution in [2.75, 3.05) is 13.1 Å². The lowest BCUT2D eigenvalue weighted by atomic mass is 10.2. The number of para-hydroxylation sites is 1. The Balaban J connectivity index is 2.70. The number of benzene rings is 1. The summed E-state index contributed by atoms with van der Waals surface area (Å²) in [6, 6.07) is 7.50. The first-order valence-corrected chi connectivity index (χ1v) is 5.21. The largest absolute Gasteiger partial charge is 0.415 e. The third-order valence-corrected chi connectivity index (χ3v) is 2.31. The summed E-state index contributed by atoms with van der Waals surface area (Å²) in [6.07, 6.45) is -0.283. The number of ether oxygens (including phenoxy) is 1. The Labute approximate surface area is 90.7 Å². The van der Waals surface area contributed by atoms with Crippen molar-refractivity contribution < 1.29 is 9.53 Å². The molecule has 0 saturated heterocycles. The third-order valence-electron chi connectivity index (χ3n) is 2.31. The topological polar surface area (TPSA) is 29.5 Å². The van der Waals surface area contributed by atoms with Crippen molar-refractivity contribution in [1.82, 2.24) is 4.90 Å². The minimum absolute atomic E-state index is 0.283. The number of aryl methyl sites for hydroxylation is 1. The average molecular weight is 207 g/mol. The summed E-state index contributed by atoms with van der Waals surface area (Å²) >= 11 is 0. The van der Waals surface area contributed by atoms with E-state index in [0.29, 0.717) is 18.8 Å². The highest BCUT2D eigenvalue weighted by Gasteiger charge is 2.12. The molecule has 3 nitrogen and oxygen atoms in total. The molecule has 1 aromatic carbocycles. The van der Waals surface area contributed by atoms with Crippen LogP contribution in [0, 0.1) is 6.92 Å². The van der Waals surface area contributed by atoms with Crippen LogP contribution in [0.5, 0.6) is 5.75 Å². The van der Waals surface area contributed by atoms with Crippen molar-refractivity contribution in [3.05, 3.63) is 29.8 Å². The maximum atomic E-state index is 11.6. The van der Waals surface area contributed by atoms with Gasteiger partial charge in [0.25, 0.3) is 0 Å². The van der Waals surface area contributed by atoms with Gasteiger partial charge in [-0.2, -0.15) is 0 Å². The molecule has 0 saturated carbocycles. The third kappa shape index (κ3) is 2.98. The molecule has 0 unspecified atom stereocenters. The van der Waals surface area contributed by atoms with E-state index >= 15 is 0 Å². The monoisotopic (exact) mass is 207 g/mol. The van der Waals surface area contributed by atoms with Crippen LogP contribution in [0.4, 0.5) is 4.79 Å². The van der Waals surface area contributed by atoms with Crippen LogP contribution in [0.15, 0.2) is 24.3 Å². The maximum Gasteiger partial charge on any atom is 0.415 e. The molecule has 0 aliphatic rings. The Morgan fingerprint density at radius 3 is 2.40 bits per heavy atom.